The second kappa shape index (κ2) is 4.29. The Kier molecular flexibility index (Phi) is 3.52. The lowest BCUT2D eigenvalue weighted by Gasteiger charge is -2.27. The zero-order chi connectivity index (χ0) is 13.4. The molecule has 17 heavy (non-hydrogen) atoms. The second-order valence-corrected chi connectivity index (χ2v) is 4.46. The molecule has 1 aromatic rings. The molecule has 0 spiro atoms. The van der Waals surface area contributed by atoms with Gasteiger partial charge in [-0.1, -0.05) is 19.9 Å². The molecule has 0 amide bonds. The lowest BCUT2D eigenvalue weighted by atomic mass is 9.91. The molecule has 0 radical (unpaired) electrons. The lowest BCUT2D eigenvalue weighted by Crippen LogP contribution is -2.39. The topological polar surface area (TPSA) is 20.2 Å². The van der Waals surface area contributed by atoms with Gasteiger partial charge in [0, 0.05) is 0 Å². The van der Waals surface area contributed by atoms with Crippen LogP contribution in [0.2, 0.25) is 0 Å². The summed E-state index contributed by atoms with van der Waals surface area (Å²) in [5.41, 5.74) is -3.16. The first-order valence-corrected chi connectivity index (χ1v) is 5.16. The third-order valence-electron chi connectivity index (χ3n) is 2.73. The van der Waals surface area contributed by atoms with E-state index in [9.17, 15) is 22.7 Å². The van der Waals surface area contributed by atoms with Gasteiger partial charge in [-0.25, -0.2) is 4.39 Å². The number of aliphatic hydroxyl groups is 1. The van der Waals surface area contributed by atoms with E-state index in [-0.39, 0.29) is 17.0 Å². The van der Waals surface area contributed by atoms with Gasteiger partial charge < -0.3 is 5.11 Å². The molecule has 0 saturated heterocycles. The highest BCUT2D eigenvalue weighted by atomic mass is 19.4. The van der Waals surface area contributed by atoms with Crippen LogP contribution in [0.4, 0.5) is 17.6 Å². The second-order valence-electron chi connectivity index (χ2n) is 4.46. The highest BCUT2D eigenvalue weighted by molar-refractivity contribution is 5.31. The normalized spacial score (nSPS) is 16.1. The predicted octanol–water partition coefficient (Wildman–Crippen LogP) is 3.72. The summed E-state index contributed by atoms with van der Waals surface area (Å²) in [6, 6.07) is 2.97. The van der Waals surface area contributed by atoms with Gasteiger partial charge in [-0.05, 0) is 36.1 Å². The molecule has 1 N–H and O–H groups in total. The highest BCUT2D eigenvalue weighted by Gasteiger charge is 2.51. The van der Waals surface area contributed by atoms with E-state index >= 15 is 0 Å². The Hall–Kier alpha value is -1.10. The molecular formula is C12H14F4O. The molecule has 0 aromatic heterocycles. The summed E-state index contributed by atoms with van der Waals surface area (Å²) < 4.78 is 51.2. The molecule has 1 rings (SSSR count). The third-order valence-corrected chi connectivity index (χ3v) is 2.73. The van der Waals surface area contributed by atoms with Crippen molar-refractivity contribution in [1.82, 2.24) is 0 Å². The van der Waals surface area contributed by atoms with Gasteiger partial charge in [0.2, 0.25) is 0 Å². The lowest BCUT2D eigenvalue weighted by molar-refractivity contribution is -0.258. The molecule has 0 aliphatic rings. The Bertz CT molecular complexity index is 407. The van der Waals surface area contributed by atoms with E-state index < -0.39 is 17.6 Å². The first-order valence-electron chi connectivity index (χ1n) is 5.16. The molecule has 0 heterocycles. The SMILES string of the molecule is CC(C)c1cc(C(C)(O)C(F)(F)F)ccc1F. The van der Waals surface area contributed by atoms with Crippen molar-refractivity contribution in [1.29, 1.82) is 0 Å². The Morgan fingerprint density at radius 2 is 1.71 bits per heavy atom. The average molecular weight is 250 g/mol. The smallest absolute Gasteiger partial charge is 0.376 e. The molecule has 1 unspecified atom stereocenters. The Morgan fingerprint density at radius 1 is 1.18 bits per heavy atom. The van der Waals surface area contributed by atoms with Crippen molar-refractivity contribution in [3.63, 3.8) is 0 Å². The third kappa shape index (κ3) is 2.60. The van der Waals surface area contributed by atoms with E-state index in [1.54, 1.807) is 13.8 Å². The van der Waals surface area contributed by atoms with Crippen LogP contribution in [-0.2, 0) is 5.60 Å². The molecule has 1 nitrogen and oxygen atoms in total. The molecule has 96 valence electrons. The number of rotatable bonds is 2. The van der Waals surface area contributed by atoms with Gasteiger partial charge in [0.15, 0.2) is 5.60 Å². The maximum Gasteiger partial charge on any atom is 0.421 e. The van der Waals surface area contributed by atoms with Crippen molar-refractivity contribution >= 4 is 0 Å². The summed E-state index contributed by atoms with van der Waals surface area (Å²) in [4.78, 5) is 0. The van der Waals surface area contributed by atoms with Crippen molar-refractivity contribution in [2.75, 3.05) is 0 Å². The van der Waals surface area contributed by atoms with Gasteiger partial charge in [0.05, 0.1) is 0 Å². The predicted molar refractivity (Wildman–Crippen MR) is 56.1 cm³/mol. The zero-order valence-corrected chi connectivity index (χ0v) is 9.77. The van der Waals surface area contributed by atoms with E-state index in [2.05, 4.69) is 0 Å². The fourth-order valence-electron chi connectivity index (χ4n) is 1.45. The summed E-state index contributed by atoms with van der Waals surface area (Å²) in [7, 11) is 0. The Labute approximate surface area is 97.1 Å². The standard InChI is InChI=1S/C12H14F4O/c1-7(2)9-6-8(4-5-10(9)13)11(3,17)12(14,15)16/h4-7,17H,1-3H3. The summed E-state index contributed by atoms with van der Waals surface area (Å²) in [6.07, 6.45) is -4.79. The van der Waals surface area contributed by atoms with Crippen LogP contribution in [0.15, 0.2) is 18.2 Å². The van der Waals surface area contributed by atoms with Crippen molar-refractivity contribution in [3.8, 4) is 0 Å². The van der Waals surface area contributed by atoms with Crippen LogP contribution in [0.5, 0.6) is 0 Å². The molecule has 1 atom stereocenters. The Morgan fingerprint density at radius 3 is 2.12 bits per heavy atom. The van der Waals surface area contributed by atoms with E-state index in [0.717, 1.165) is 18.2 Å². The molecular weight excluding hydrogens is 236 g/mol. The maximum atomic E-state index is 13.3. The van der Waals surface area contributed by atoms with Crippen molar-refractivity contribution in [2.24, 2.45) is 0 Å². The average Bonchev–Trinajstić information content (AvgIpc) is 2.15. The van der Waals surface area contributed by atoms with Crippen molar-refractivity contribution in [2.45, 2.75) is 38.5 Å². The number of halogens is 4. The van der Waals surface area contributed by atoms with E-state index in [1.807, 2.05) is 0 Å². The van der Waals surface area contributed by atoms with Crippen LogP contribution in [0, 0.1) is 5.82 Å². The van der Waals surface area contributed by atoms with Crippen LogP contribution in [0.25, 0.3) is 0 Å². The van der Waals surface area contributed by atoms with Gasteiger partial charge >= 0.3 is 6.18 Å². The number of hydrogen-bond donors (Lipinski definition) is 1. The van der Waals surface area contributed by atoms with Crippen molar-refractivity contribution < 1.29 is 22.7 Å². The van der Waals surface area contributed by atoms with Crippen LogP contribution >= 0.6 is 0 Å². The van der Waals surface area contributed by atoms with E-state index in [1.165, 1.54) is 0 Å². The van der Waals surface area contributed by atoms with Gasteiger partial charge in [0.1, 0.15) is 5.82 Å². The fraction of sp³-hybridized carbons (Fsp3) is 0.500. The Balaban J connectivity index is 3.30. The van der Waals surface area contributed by atoms with Crippen molar-refractivity contribution in [3.05, 3.63) is 35.1 Å². The molecule has 0 fully saturated rings. The maximum absolute atomic E-state index is 13.3. The van der Waals surface area contributed by atoms with Gasteiger partial charge in [-0.3, -0.25) is 0 Å². The zero-order valence-electron chi connectivity index (χ0n) is 9.77. The monoisotopic (exact) mass is 250 g/mol. The summed E-state index contributed by atoms with van der Waals surface area (Å²) in [5, 5.41) is 9.47. The molecule has 0 aliphatic carbocycles. The minimum Gasteiger partial charge on any atom is -0.376 e. The van der Waals surface area contributed by atoms with E-state index in [4.69, 9.17) is 0 Å². The van der Waals surface area contributed by atoms with E-state index in [0.29, 0.717) is 6.92 Å². The first-order chi connectivity index (χ1) is 7.57. The summed E-state index contributed by atoms with van der Waals surface area (Å²) >= 11 is 0. The quantitative estimate of drug-likeness (QED) is 0.793. The minimum atomic E-state index is -4.79. The van der Waals surface area contributed by atoms with Crippen LogP contribution < -0.4 is 0 Å². The number of benzene rings is 1. The van der Waals surface area contributed by atoms with Gasteiger partial charge in [-0.15, -0.1) is 0 Å². The molecule has 0 aliphatic heterocycles. The highest BCUT2D eigenvalue weighted by Crippen LogP contribution is 2.39. The molecule has 1 aromatic carbocycles. The minimum absolute atomic E-state index is 0.159. The van der Waals surface area contributed by atoms with Gasteiger partial charge in [-0.2, -0.15) is 13.2 Å². The fourth-order valence-corrected chi connectivity index (χ4v) is 1.45. The van der Waals surface area contributed by atoms with Gasteiger partial charge in [0.25, 0.3) is 0 Å². The largest absolute Gasteiger partial charge is 0.421 e. The van der Waals surface area contributed by atoms with Crippen LogP contribution in [-0.4, -0.2) is 11.3 Å². The summed E-state index contributed by atoms with van der Waals surface area (Å²) in [6.45, 7) is 4.00. The molecule has 0 saturated carbocycles. The number of alkyl halides is 3. The van der Waals surface area contributed by atoms with Crippen LogP contribution in [0.1, 0.15) is 37.8 Å². The van der Waals surface area contributed by atoms with Crippen LogP contribution in [0.3, 0.4) is 0 Å². The number of hydrogen-bond acceptors (Lipinski definition) is 1. The first kappa shape index (κ1) is 14.0. The molecule has 5 heteroatoms. The molecule has 0 bridgehead atoms. The summed E-state index contributed by atoms with van der Waals surface area (Å²) in [5.74, 6) is -0.819.